The van der Waals surface area contributed by atoms with Crippen LogP contribution in [-0.4, -0.2) is 28.3 Å². The second-order valence-electron chi connectivity index (χ2n) is 3.96. The molecule has 1 fully saturated rings. The Morgan fingerprint density at radius 1 is 1.33 bits per heavy atom. The summed E-state index contributed by atoms with van der Waals surface area (Å²) in [5.74, 6) is 1.84. The average molecular weight is 272 g/mol. The molecule has 1 aliphatic rings. The fourth-order valence-electron chi connectivity index (χ4n) is 1.66. The zero-order valence-corrected chi connectivity index (χ0v) is 10.2. The quantitative estimate of drug-likeness (QED) is 0.838. The standard InChI is InChI=1S/C9H14BrN5/c1-6-2-4-15(5-3-6)9-12-8(11)7(10)13-14-9/h6H,2-5H2,1H3,(H2,11,12,14). The van der Waals surface area contributed by atoms with Crippen LogP contribution in [0.1, 0.15) is 19.8 Å². The number of nitrogen functional groups attached to an aromatic ring is 1. The van der Waals surface area contributed by atoms with E-state index in [2.05, 4.69) is 42.9 Å². The summed E-state index contributed by atoms with van der Waals surface area (Å²) in [6, 6.07) is 0. The van der Waals surface area contributed by atoms with Gasteiger partial charge in [0.15, 0.2) is 10.4 Å². The largest absolute Gasteiger partial charge is 0.381 e. The molecule has 2 N–H and O–H groups in total. The van der Waals surface area contributed by atoms with E-state index in [0.717, 1.165) is 19.0 Å². The third kappa shape index (κ3) is 2.37. The third-order valence-electron chi connectivity index (χ3n) is 2.73. The highest BCUT2D eigenvalue weighted by Crippen LogP contribution is 2.21. The van der Waals surface area contributed by atoms with Crippen LogP contribution >= 0.6 is 15.9 Å². The molecule has 0 saturated carbocycles. The van der Waals surface area contributed by atoms with E-state index in [1.807, 2.05) is 0 Å². The van der Waals surface area contributed by atoms with Crippen LogP contribution < -0.4 is 10.6 Å². The lowest BCUT2D eigenvalue weighted by Gasteiger charge is -2.29. The van der Waals surface area contributed by atoms with Crippen molar-refractivity contribution < 1.29 is 0 Å². The number of anilines is 2. The fourth-order valence-corrected chi connectivity index (χ4v) is 1.83. The van der Waals surface area contributed by atoms with Gasteiger partial charge in [0.25, 0.3) is 0 Å². The molecular weight excluding hydrogens is 258 g/mol. The summed E-state index contributed by atoms with van der Waals surface area (Å²) >= 11 is 3.18. The van der Waals surface area contributed by atoms with Crippen molar-refractivity contribution in [2.24, 2.45) is 5.92 Å². The van der Waals surface area contributed by atoms with Gasteiger partial charge in [-0.3, -0.25) is 0 Å². The molecule has 0 spiro atoms. The molecule has 82 valence electrons. The Morgan fingerprint density at radius 3 is 2.60 bits per heavy atom. The topological polar surface area (TPSA) is 67.9 Å². The van der Waals surface area contributed by atoms with Crippen molar-refractivity contribution in [2.45, 2.75) is 19.8 Å². The van der Waals surface area contributed by atoms with Gasteiger partial charge in [-0.2, -0.15) is 4.98 Å². The Morgan fingerprint density at radius 2 is 2.00 bits per heavy atom. The molecule has 1 aromatic heterocycles. The molecule has 1 saturated heterocycles. The maximum absolute atomic E-state index is 5.67. The van der Waals surface area contributed by atoms with Crippen molar-refractivity contribution in [3.63, 3.8) is 0 Å². The number of nitrogens with two attached hydrogens (primary N) is 1. The first-order valence-corrected chi connectivity index (χ1v) is 5.86. The summed E-state index contributed by atoms with van der Waals surface area (Å²) in [5.41, 5.74) is 5.67. The van der Waals surface area contributed by atoms with Gasteiger partial charge in [0.05, 0.1) is 0 Å². The summed E-state index contributed by atoms with van der Waals surface area (Å²) in [7, 11) is 0. The zero-order chi connectivity index (χ0) is 10.8. The maximum Gasteiger partial charge on any atom is 0.247 e. The molecule has 15 heavy (non-hydrogen) atoms. The van der Waals surface area contributed by atoms with Crippen molar-refractivity contribution in [1.82, 2.24) is 15.2 Å². The Labute approximate surface area is 97.2 Å². The molecular formula is C9H14BrN5. The van der Waals surface area contributed by atoms with Gasteiger partial charge in [-0.25, -0.2) is 0 Å². The third-order valence-corrected chi connectivity index (χ3v) is 3.29. The van der Waals surface area contributed by atoms with Crippen molar-refractivity contribution >= 4 is 27.7 Å². The maximum atomic E-state index is 5.67. The van der Waals surface area contributed by atoms with E-state index in [1.165, 1.54) is 12.8 Å². The van der Waals surface area contributed by atoms with Crippen molar-refractivity contribution in [2.75, 3.05) is 23.7 Å². The molecule has 1 aromatic rings. The van der Waals surface area contributed by atoms with Gasteiger partial charge in [-0.05, 0) is 34.7 Å². The number of rotatable bonds is 1. The monoisotopic (exact) mass is 271 g/mol. The molecule has 0 amide bonds. The summed E-state index contributed by atoms with van der Waals surface area (Å²) in [6.07, 6.45) is 2.36. The van der Waals surface area contributed by atoms with Crippen LogP contribution in [0.2, 0.25) is 0 Å². The van der Waals surface area contributed by atoms with Gasteiger partial charge in [-0.15, -0.1) is 10.2 Å². The van der Waals surface area contributed by atoms with Crippen LogP contribution in [0.3, 0.4) is 0 Å². The Bertz CT molecular complexity index is 348. The SMILES string of the molecule is CC1CCN(c2nnc(Br)c(N)n2)CC1. The molecule has 0 aromatic carbocycles. The molecule has 2 heterocycles. The van der Waals surface area contributed by atoms with Gasteiger partial charge in [0.1, 0.15) is 0 Å². The van der Waals surface area contributed by atoms with Crippen LogP contribution in [0.4, 0.5) is 11.8 Å². The van der Waals surface area contributed by atoms with Crippen LogP contribution in [0.25, 0.3) is 0 Å². The first kappa shape index (κ1) is 10.6. The number of nitrogens with zero attached hydrogens (tertiary/aromatic N) is 4. The second-order valence-corrected chi connectivity index (χ2v) is 4.71. The lowest BCUT2D eigenvalue weighted by atomic mass is 10.00. The molecule has 0 unspecified atom stereocenters. The molecule has 2 rings (SSSR count). The lowest BCUT2D eigenvalue weighted by molar-refractivity contribution is 0.433. The molecule has 5 nitrogen and oxygen atoms in total. The van der Waals surface area contributed by atoms with E-state index >= 15 is 0 Å². The van der Waals surface area contributed by atoms with Crippen molar-refractivity contribution in [3.05, 3.63) is 4.60 Å². The van der Waals surface area contributed by atoms with Crippen LogP contribution in [0.5, 0.6) is 0 Å². The Kier molecular flexibility index (Phi) is 3.04. The summed E-state index contributed by atoms with van der Waals surface area (Å²) in [5, 5.41) is 7.94. The summed E-state index contributed by atoms with van der Waals surface area (Å²) in [6.45, 7) is 4.25. The zero-order valence-electron chi connectivity index (χ0n) is 8.65. The van der Waals surface area contributed by atoms with E-state index in [4.69, 9.17) is 5.73 Å². The average Bonchev–Trinajstić information content (AvgIpc) is 2.23. The number of hydrogen-bond acceptors (Lipinski definition) is 5. The minimum atomic E-state index is 0.402. The fraction of sp³-hybridized carbons (Fsp3) is 0.667. The number of piperidine rings is 1. The number of hydrogen-bond donors (Lipinski definition) is 1. The molecule has 6 heteroatoms. The molecule has 0 aliphatic carbocycles. The Hall–Kier alpha value is -0.910. The minimum Gasteiger partial charge on any atom is -0.381 e. The molecule has 0 bridgehead atoms. The van der Waals surface area contributed by atoms with Gasteiger partial charge < -0.3 is 10.6 Å². The highest BCUT2D eigenvalue weighted by molar-refractivity contribution is 9.10. The summed E-state index contributed by atoms with van der Waals surface area (Å²) < 4.78 is 0.511. The minimum absolute atomic E-state index is 0.402. The van der Waals surface area contributed by atoms with Crippen molar-refractivity contribution in [1.29, 1.82) is 0 Å². The predicted octanol–water partition coefficient (Wildman–Crippen LogP) is 1.45. The summed E-state index contributed by atoms with van der Waals surface area (Å²) in [4.78, 5) is 6.34. The first-order chi connectivity index (χ1) is 7.16. The second kappa shape index (κ2) is 4.30. The van der Waals surface area contributed by atoms with Gasteiger partial charge in [0.2, 0.25) is 5.95 Å². The smallest absolute Gasteiger partial charge is 0.247 e. The highest BCUT2D eigenvalue weighted by atomic mass is 79.9. The van der Waals surface area contributed by atoms with Crippen LogP contribution in [0.15, 0.2) is 4.60 Å². The van der Waals surface area contributed by atoms with E-state index < -0.39 is 0 Å². The van der Waals surface area contributed by atoms with Crippen LogP contribution in [0, 0.1) is 5.92 Å². The number of halogens is 1. The van der Waals surface area contributed by atoms with Crippen LogP contribution in [-0.2, 0) is 0 Å². The molecule has 1 aliphatic heterocycles. The van der Waals surface area contributed by atoms with E-state index in [0.29, 0.717) is 16.4 Å². The van der Waals surface area contributed by atoms with Crippen molar-refractivity contribution in [3.8, 4) is 0 Å². The van der Waals surface area contributed by atoms with Gasteiger partial charge in [-0.1, -0.05) is 6.92 Å². The van der Waals surface area contributed by atoms with E-state index in [-0.39, 0.29) is 0 Å². The molecule has 0 atom stereocenters. The van der Waals surface area contributed by atoms with Gasteiger partial charge >= 0.3 is 0 Å². The first-order valence-electron chi connectivity index (χ1n) is 5.07. The number of aromatic nitrogens is 3. The highest BCUT2D eigenvalue weighted by Gasteiger charge is 2.18. The van der Waals surface area contributed by atoms with E-state index in [9.17, 15) is 0 Å². The molecule has 0 radical (unpaired) electrons. The Balaban J connectivity index is 2.12. The lowest BCUT2D eigenvalue weighted by Crippen LogP contribution is -2.34. The normalized spacial score (nSPS) is 18.1. The predicted molar refractivity (Wildman–Crippen MR) is 62.6 cm³/mol. The van der Waals surface area contributed by atoms with Gasteiger partial charge in [0, 0.05) is 13.1 Å². The van der Waals surface area contributed by atoms with E-state index in [1.54, 1.807) is 0 Å².